The van der Waals surface area contributed by atoms with E-state index in [4.69, 9.17) is 34.8 Å². The Balaban J connectivity index is 1.64. The zero-order valence-electron chi connectivity index (χ0n) is 17.1. The maximum absolute atomic E-state index is 13.3. The Morgan fingerprint density at radius 2 is 1.58 bits per heavy atom. The zero-order valence-corrected chi connectivity index (χ0v) is 19.4. The van der Waals surface area contributed by atoms with E-state index in [2.05, 4.69) is 4.90 Å². The van der Waals surface area contributed by atoms with Gasteiger partial charge in [0.05, 0.1) is 22.7 Å². The third-order valence-electron chi connectivity index (χ3n) is 5.84. The summed E-state index contributed by atoms with van der Waals surface area (Å²) in [7, 11) is 0. The van der Waals surface area contributed by atoms with Gasteiger partial charge in [-0.1, -0.05) is 77.3 Å². The number of halogens is 3. The summed E-state index contributed by atoms with van der Waals surface area (Å²) in [6.45, 7) is 3.83. The van der Waals surface area contributed by atoms with Crippen molar-refractivity contribution in [3.8, 4) is 0 Å². The van der Waals surface area contributed by atoms with Crippen LogP contribution in [0.25, 0.3) is 0 Å². The standard InChI is InChI=1S/C25H23Cl3N2O/c1-17(18-5-3-2-4-6-18)25(31)29-13-14-30(23-12-11-21(27)15-22(23)28)24(16-29)19-7-9-20(26)10-8-19/h2-12,15,17,24H,13-14,16H2,1H3/t17-,24?/m1/s1. The molecule has 160 valence electrons. The van der Waals surface area contributed by atoms with Gasteiger partial charge in [0.15, 0.2) is 0 Å². The van der Waals surface area contributed by atoms with Crippen LogP contribution in [0.2, 0.25) is 15.1 Å². The van der Waals surface area contributed by atoms with E-state index in [1.807, 2.05) is 78.6 Å². The number of hydrogen-bond acceptors (Lipinski definition) is 2. The Labute approximate surface area is 198 Å². The number of nitrogens with zero attached hydrogens (tertiary/aromatic N) is 2. The number of hydrogen-bond donors (Lipinski definition) is 0. The molecule has 0 spiro atoms. The molecule has 1 aliphatic rings. The Morgan fingerprint density at radius 1 is 0.903 bits per heavy atom. The number of anilines is 1. The van der Waals surface area contributed by atoms with Gasteiger partial charge < -0.3 is 9.80 Å². The molecule has 1 unspecified atom stereocenters. The predicted molar refractivity (Wildman–Crippen MR) is 129 cm³/mol. The molecule has 3 nitrogen and oxygen atoms in total. The van der Waals surface area contributed by atoms with Crippen LogP contribution in [-0.4, -0.2) is 30.4 Å². The van der Waals surface area contributed by atoms with E-state index in [1.165, 1.54) is 0 Å². The van der Waals surface area contributed by atoms with Gasteiger partial charge in [0.25, 0.3) is 0 Å². The van der Waals surface area contributed by atoms with E-state index in [9.17, 15) is 4.79 Å². The topological polar surface area (TPSA) is 23.6 Å². The first-order valence-electron chi connectivity index (χ1n) is 10.2. The molecule has 1 amide bonds. The van der Waals surface area contributed by atoms with Crippen LogP contribution >= 0.6 is 34.8 Å². The van der Waals surface area contributed by atoms with Crippen molar-refractivity contribution in [1.29, 1.82) is 0 Å². The third kappa shape index (κ3) is 4.85. The summed E-state index contributed by atoms with van der Waals surface area (Å²) in [6.07, 6.45) is 0. The molecule has 1 aliphatic heterocycles. The molecule has 0 aliphatic carbocycles. The molecule has 31 heavy (non-hydrogen) atoms. The van der Waals surface area contributed by atoms with Gasteiger partial charge in [-0.25, -0.2) is 0 Å². The highest BCUT2D eigenvalue weighted by Gasteiger charge is 2.33. The second-order valence-electron chi connectivity index (χ2n) is 7.77. The lowest BCUT2D eigenvalue weighted by Gasteiger charge is -2.44. The molecule has 6 heteroatoms. The van der Waals surface area contributed by atoms with Crippen LogP contribution in [-0.2, 0) is 4.79 Å². The molecule has 3 aromatic rings. The number of carbonyl (C=O) groups is 1. The SMILES string of the molecule is C[C@@H](C(=O)N1CCN(c2ccc(Cl)cc2Cl)C(c2ccc(Cl)cc2)C1)c1ccccc1. The Bertz CT molecular complexity index is 1060. The summed E-state index contributed by atoms with van der Waals surface area (Å²) in [5.41, 5.74) is 3.02. The van der Waals surface area contributed by atoms with Gasteiger partial charge in [0, 0.05) is 29.7 Å². The maximum atomic E-state index is 13.3. The van der Waals surface area contributed by atoms with Gasteiger partial charge in [-0.15, -0.1) is 0 Å². The molecule has 0 saturated carbocycles. The van der Waals surface area contributed by atoms with E-state index < -0.39 is 0 Å². The number of benzene rings is 3. The molecule has 3 aromatic carbocycles. The quantitative estimate of drug-likeness (QED) is 0.414. The van der Waals surface area contributed by atoms with Crippen molar-refractivity contribution in [2.75, 3.05) is 24.5 Å². The van der Waals surface area contributed by atoms with Crippen LogP contribution in [0.3, 0.4) is 0 Å². The van der Waals surface area contributed by atoms with Gasteiger partial charge >= 0.3 is 0 Å². The van der Waals surface area contributed by atoms with Gasteiger partial charge in [-0.2, -0.15) is 0 Å². The minimum absolute atomic E-state index is 0.0448. The van der Waals surface area contributed by atoms with E-state index >= 15 is 0 Å². The average Bonchev–Trinajstić information content (AvgIpc) is 2.79. The van der Waals surface area contributed by atoms with E-state index in [-0.39, 0.29) is 17.9 Å². The first-order chi connectivity index (χ1) is 14.9. The van der Waals surface area contributed by atoms with Gasteiger partial charge in [-0.05, 0) is 48.4 Å². The van der Waals surface area contributed by atoms with Crippen LogP contribution in [0.5, 0.6) is 0 Å². The van der Waals surface area contributed by atoms with Gasteiger partial charge in [-0.3, -0.25) is 4.79 Å². The summed E-state index contributed by atoms with van der Waals surface area (Å²) in [5.74, 6) is -0.0650. The Morgan fingerprint density at radius 3 is 2.26 bits per heavy atom. The molecular weight excluding hydrogens is 451 g/mol. The lowest BCUT2D eigenvalue weighted by atomic mass is 9.97. The van der Waals surface area contributed by atoms with Crippen molar-refractivity contribution in [1.82, 2.24) is 4.90 Å². The zero-order chi connectivity index (χ0) is 22.0. The third-order valence-corrected chi connectivity index (χ3v) is 6.63. The summed E-state index contributed by atoms with van der Waals surface area (Å²) >= 11 is 18.8. The summed E-state index contributed by atoms with van der Waals surface area (Å²) in [4.78, 5) is 17.5. The molecule has 0 aromatic heterocycles. The highest BCUT2D eigenvalue weighted by molar-refractivity contribution is 6.36. The Kier molecular flexibility index (Phi) is 6.76. The summed E-state index contributed by atoms with van der Waals surface area (Å²) in [5, 5.41) is 1.88. The molecule has 1 heterocycles. The summed E-state index contributed by atoms with van der Waals surface area (Å²) in [6, 6.07) is 23.2. The first-order valence-corrected chi connectivity index (χ1v) is 11.4. The predicted octanol–water partition coefficient (Wildman–Crippen LogP) is 6.84. The van der Waals surface area contributed by atoms with Crippen molar-refractivity contribution in [3.63, 3.8) is 0 Å². The number of carbonyl (C=O) groups excluding carboxylic acids is 1. The molecule has 0 N–H and O–H groups in total. The van der Waals surface area contributed by atoms with Crippen LogP contribution in [0.15, 0.2) is 72.8 Å². The van der Waals surface area contributed by atoms with Crippen molar-refractivity contribution >= 4 is 46.4 Å². The van der Waals surface area contributed by atoms with Crippen molar-refractivity contribution in [3.05, 3.63) is 99.0 Å². The fraction of sp³-hybridized carbons (Fsp3) is 0.240. The molecule has 0 bridgehead atoms. The minimum atomic E-state index is -0.197. The van der Waals surface area contributed by atoms with E-state index in [0.717, 1.165) is 16.8 Å². The largest absolute Gasteiger partial charge is 0.360 e. The number of rotatable bonds is 4. The maximum Gasteiger partial charge on any atom is 0.229 e. The lowest BCUT2D eigenvalue weighted by molar-refractivity contribution is -0.133. The molecule has 4 rings (SSSR count). The van der Waals surface area contributed by atoms with Crippen LogP contribution in [0, 0.1) is 0 Å². The van der Waals surface area contributed by atoms with Crippen molar-refractivity contribution < 1.29 is 4.79 Å². The highest BCUT2D eigenvalue weighted by Crippen LogP contribution is 2.37. The Hall–Kier alpha value is -2.20. The molecule has 1 saturated heterocycles. The van der Waals surface area contributed by atoms with Crippen LogP contribution in [0.1, 0.15) is 30.0 Å². The highest BCUT2D eigenvalue weighted by atomic mass is 35.5. The molecule has 1 fully saturated rings. The van der Waals surface area contributed by atoms with E-state index in [1.54, 1.807) is 6.07 Å². The normalized spacial score (nSPS) is 17.5. The summed E-state index contributed by atoms with van der Waals surface area (Å²) < 4.78 is 0. The smallest absolute Gasteiger partial charge is 0.229 e. The lowest BCUT2D eigenvalue weighted by Crippen LogP contribution is -2.51. The van der Waals surface area contributed by atoms with E-state index in [0.29, 0.717) is 34.7 Å². The van der Waals surface area contributed by atoms with Gasteiger partial charge in [0.2, 0.25) is 5.91 Å². The van der Waals surface area contributed by atoms with Crippen molar-refractivity contribution in [2.45, 2.75) is 18.9 Å². The average molecular weight is 474 g/mol. The second-order valence-corrected chi connectivity index (χ2v) is 9.05. The number of amides is 1. The van der Waals surface area contributed by atoms with Crippen molar-refractivity contribution in [2.24, 2.45) is 0 Å². The molecule has 0 radical (unpaired) electrons. The van der Waals surface area contributed by atoms with Crippen LogP contribution < -0.4 is 4.90 Å². The fourth-order valence-corrected chi connectivity index (χ4v) is 4.76. The number of piperazine rings is 1. The monoisotopic (exact) mass is 472 g/mol. The van der Waals surface area contributed by atoms with Gasteiger partial charge in [0.1, 0.15) is 0 Å². The minimum Gasteiger partial charge on any atom is -0.360 e. The second kappa shape index (κ2) is 9.52. The van der Waals surface area contributed by atoms with Crippen LogP contribution in [0.4, 0.5) is 5.69 Å². The first kappa shape index (κ1) is 22.0. The molecule has 2 atom stereocenters. The molecular formula is C25H23Cl3N2O. The fourth-order valence-electron chi connectivity index (χ4n) is 4.11.